The number of aliphatic hydroxyl groups is 1. The van der Waals surface area contributed by atoms with Crippen molar-refractivity contribution in [3.8, 4) is 5.75 Å². The molecule has 0 saturated carbocycles. The highest BCUT2D eigenvalue weighted by Gasteiger charge is 2.10. The van der Waals surface area contributed by atoms with E-state index in [2.05, 4.69) is 24.9 Å². The average molecular weight is 310 g/mol. The molecule has 0 aliphatic rings. The van der Waals surface area contributed by atoms with Crippen LogP contribution in [0.5, 0.6) is 5.75 Å². The summed E-state index contributed by atoms with van der Waals surface area (Å²) in [5, 5.41) is 9.53. The molecule has 4 nitrogen and oxygen atoms in total. The first-order valence-electron chi connectivity index (χ1n) is 7.97. The first kappa shape index (κ1) is 15.6. The van der Waals surface area contributed by atoms with E-state index in [0.29, 0.717) is 24.9 Å². The fraction of sp³-hybridized carbons (Fsp3) is 0.316. The SMILES string of the molecule is CC(C)c1ccccc1OCCn1c(CO)nc2ccccc21. The summed E-state index contributed by atoms with van der Waals surface area (Å²) in [6.45, 7) is 5.45. The van der Waals surface area contributed by atoms with Crippen molar-refractivity contribution in [2.24, 2.45) is 0 Å². The summed E-state index contributed by atoms with van der Waals surface area (Å²) in [6, 6.07) is 16.1. The van der Waals surface area contributed by atoms with Gasteiger partial charge in [0.25, 0.3) is 0 Å². The van der Waals surface area contributed by atoms with Crippen LogP contribution in [0.2, 0.25) is 0 Å². The average Bonchev–Trinajstić information content (AvgIpc) is 2.93. The fourth-order valence-electron chi connectivity index (χ4n) is 2.83. The number of aliphatic hydroxyl groups excluding tert-OH is 1. The van der Waals surface area contributed by atoms with Gasteiger partial charge in [0.15, 0.2) is 0 Å². The lowest BCUT2D eigenvalue weighted by Crippen LogP contribution is -2.12. The van der Waals surface area contributed by atoms with E-state index in [9.17, 15) is 5.11 Å². The number of rotatable bonds is 6. The van der Waals surface area contributed by atoms with E-state index in [1.54, 1.807) is 0 Å². The maximum atomic E-state index is 9.53. The number of ether oxygens (including phenoxy) is 1. The minimum Gasteiger partial charge on any atom is -0.491 e. The largest absolute Gasteiger partial charge is 0.491 e. The number of para-hydroxylation sites is 3. The van der Waals surface area contributed by atoms with E-state index in [-0.39, 0.29) is 6.61 Å². The molecule has 0 spiro atoms. The minimum absolute atomic E-state index is 0.0722. The summed E-state index contributed by atoms with van der Waals surface area (Å²) in [4.78, 5) is 4.46. The summed E-state index contributed by atoms with van der Waals surface area (Å²) in [5.74, 6) is 2.03. The Balaban J connectivity index is 1.77. The van der Waals surface area contributed by atoms with Crippen LogP contribution in [0.4, 0.5) is 0 Å². The molecule has 4 heteroatoms. The number of benzene rings is 2. The summed E-state index contributed by atoms with van der Waals surface area (Å²) >= 11 is 0. The van der Waals surface area contributed by atoms with Gasteiger partial charge < -0.3 is 14.4 Å². The van der Waals surface area contributed by atoms with Crippen LogP contribution in [-0.4, -0.2) is 21.3 Å². The van der Waals surface area contributed by atoms with Gasteiger partial charge in [-0.25, -0.2) is 4.98 Å². The van der Waals surface area contributed by atoms with Crippen molar-refractivity contribution in [3.63, 3.8) is 0 Å². The Hall–Kier alpha value is -2.33. The Morgan fingerprint density at radius 3 is 2.61 bits per heavy atom. The lowest BCUT2D eigenvalue weighted by molar-refractivity contribution is 0.255. The molecule has 1 heterocycles. The zero-order valence-corrected chi connectivity index (χ0v) is 13.6. The summed E-state index contributed by atoms with van der Waals surface area (Å²) in [5.41, 5.74) is 3.14. The smallest absolute Gasteiger partial charge is 0.135 e. The molecular weight excluding hydrogens is 288 g/mol. The van der Waals surface area contributed by atoms with E-state index >= 15 is 0 Å². The van der Waals surface area contributed by atoms with Crippen molar-refractivity contribution in [1.82, 2.24) is 9.55 Å². The van der Waals surface area contributed by atoms with Gasteiger partial charge in [-0.1, -0.05) is 44.2 Å². The van der Waals surface area contributed by atoms with Crippen LogP contribution < -0.4 is 4.74 Å². The number of hydrogen-bond acceptors (Lipinski definition) is 3. The maximum absolute atomic E-state index is 9.53. The number of fused-ring (bicyclic) bond motifs is 1. The molecule has 0 saturated heterocycles. The predicted molar refractivity (Wildman–Crippen MR) is 91.7 cm³/mol. The van der Waals surface area contributed by atoms with Crippen LogP contribution in [-0.2, 0) is 13.2 Å². The highest BCUT2D eigenvalue weighted by Crippen LogP contribution is 2.26. The molecule has 3 rings (SSSR count). The molecule has 2 aromatic carbocycles. The molecule has 1 aromatic heterocycles. The zero-order chi connectivity index (χ0) is 16.2. The van der Waals surface area contributed by atoms with Crippen LogP contribution in [0.15, 0.2) is 48.5 Å². The van der Waals surface area contributed by atoms with Crippen LogP contribution in [0.1, 0.15) is 31.2 Å². The molecule has 0 amide bonds. The lowest BCUT2D eigenvalue weighted by atomic mass is 10.0. The fourth-order valence-corrected chi connectivity index (χ4v) is 2.83. The van der Waals surface area contributed by atoms with Gasteiger partial charge in [-0.05, 0) is 29.7 Å². The van der Waals surface area contributed by atoms with Gasteiger partial charge in [0.2, 0.25) is 0 Å². The lowest BCUT2D eigenvalue weighted by Gasteiger charge is -2.15. The molecular formula is C19H22N2O2. The minimum atomic E-state index is -0.0722. The van der Waals surface area contributed by atoms with Gasteiger partial charge in [-0.3, -0.25) is 0 Å². The molecule has 0 fully saturated rings. The molecule has 120 valence electrons. The predicted octanol–water partition coefficient (Wildman–Crippen LogP) is 3.73. The quantitative estimate of drug-likeness (QED) is 0.754. The second-order valence-corrected chi connectivity index (χ2v) is 5.87. The molecule has 0 aliphatic carbocycles. The van der Waals surface area contributed by atoms with Crippen molar-refractivity contribution in [1.29, 1.82) is 0 Å². The van der Waals surface area contributed by atoms with Crippen LogP contribution in [0, 0.1) is 0 Å². The third-order valence-electron chi connectivity index (χ3n) is 3.99. The number of hydrogen-bond donors (Lipinski definition) is 1. The Kier molecular flexibility index (Phi) is 4.63. The Morgan fingerprint density at radius 2 is 1.83 bits per heavy atom. The van der Waals surface area contributed by atoms with Crippen molar-refractivity contribution in [2.45, 2.75) is 32.9 Å². The third kappa shape index (κ3) is 3.22. The third-order valence-corrected chi connectivity index (χ3v) is 3.99. The van der Waals surface area contributed by atoms with Crippen molar-refractivity contribution >= 4 is 11.0 Å². The summed E-state index contributed by atoms with van der Waals surface area (Å²) in [7, 11) is 0. The molecule has 3 aromatic rings. The van der Waals surface area contributed by atoms with E-state index < -0.39 is 0 Å². The summed E-state index contributed by atoms with van der Waals surface area (Å²) < 4.78 is 8.01. The Bertz CT molecular complexity index is 793. The zero-order valence-electron chi connectivity index (χ0n) is 13.6. The second-order valence-electron chi connectivity index (χ2n) is 5.87. The normalized spacial score (nSPS) is 11.3. The first-order chi connectivity index (χ1) is 11.2. The van der Waals surface area contributed by atoms with Crippen molar-refractivity contribution < 1.29 is 9.84 Å². The van der Waals surface area contributed by atoms with Gasteiger partial charge in [-0.2, -0.15) is 0 Å². The van der Waals surface area contributed by atoms with Gasteiger partial charge >= 0.3 is 0 Å². The van der Waals surface area contributed by atoms with Crippen molar-refractivity contribution in [3.05, 3.63) is 59.9 Å². The van der Waals surface area contributed by atoms with Gasteiger partial charge in [0.05, 0.1) is 17.6 Å². The van der Waals surface area contributed by atoms with E-state index in [1.807, 2.05) is 47.0 Å². The molecule has 1 N–H and O–H groups in total. The molecule has 0 atom stereocenters. The highest BCUT2D eigenvalue weighted by atomic mass is 16.5. The van der Waals surface area contributed by atoms with Crippen LogP contribution in [0.3, 0.4) is 0 Å². The first-order valence-corrected chi connectivity index (χ1v) is 7.97. The molecule has 0 bridgehead atoms. The van der Waals surface area contributed by atoms with Crippen LogP contribution in [0.25, 0.3) is 11.0 Å². The van der Waals surface area contributed by atoms with Gasteiger partial charge in [-0.15, -0.1) is 0 Å². The number of nitrogens with zero attached hydrogens (tertiary/aromatic N) is 2. The second kappa shape index (κ2) is 6.84. The van der Waals surface area contributed by atoms with Crippen LogP contribution >= 0.6 is 0 Å². The van der Waals surface area contributed by atoms with Gasteiger partial charge in [0, 0.05) is 0 Å². The number of imidazole rings is 1. The van der Waals surface area contributed by atoms with E-state index in [1.165, 1.54) is 5.56 Å². The highest BCUT2D eigenvalue weighted by molar-refractivity contribution is 5.75. The molecule has 0 unspecified atom stereocenters. The monoisotopic (exact) mass is 310 g/mol. The van der Waals surface area contributed by atoms with E-state index in [0.717, 1.165) is 16.8 Å². The maximum Gasteiger partial charge on any atom is 0.135 e. The standard InChI is InChI=1S/C19H22N2O2/c1-14(2)15-7-3-6-10-18(15)23-12-11-21-17-9-5-4-8-16(17)20-19(21)13-22/h3-10,14,22H,11-13H2,1-2H3. The molecule has 0 radical (unpaired) electrons. The van der Waals surface area contributed by atoms with E-state index in [4.69, 9.17) is 4.74 Å². The molecule has 23 heavy (non-hydrogen) atoms. The Labute approximate surface area is 136 Å². The van der Waals surface area contributed by atoms with Crippen molar-refractivity contribution in [2.75, 3.05) is 6.61 Å². The van der Waals surface area contributed by atoms with Gasteiger partial charge in [0.1, 0.15) is 24.8 Å². The topological polar surface area (TPSA) is 47.3 Å². The Morgan fingerprint density at radius 1 is 1.09 bits per heavy atom. The number of aromatic nitrogens is 2. The summed E-state index contributed by atoms with van der Waals surface area (Å²) in [6.07, 6.45) is 0. The molecule has 0 aliphatic heterocycles.